The van der Waals surface area contributed by atoms with Crippen LogP contribution in [-0.4, -0.2) is 31.7 Å². The maximum absolute atomic E-state index is 11.9. The second-order valence-corrected chi connectivity index (χ2v) is 5.45. The van der Waals surface area contributed by atoms with Gasteiger partial charge in [0.05, 0.1) is 24.1 Å². The summed E-state index contributed by atoms with van der Waals surface area (Å²) >= 11 is 1.25. The SMILES string of the molecule is CCOC(=O)c1sc(NC(=O)[C@@H]2CCOC2)cc1C. The van der Waals surface area contributed by atoms with Crippen LogP contribution in [0.3, 0.4) is 0 Å². The fourth-order valence-electron chi connectivity index (χ4n) is 1.91. The third kappa shape index (κ3) is 3.33. The molecule has 1 N–H and O–H groups in total. The molecule has 0 aliphatic carbocycles. The van der Waals surface area contributed by atoms with Crippen LogP contribution in [-0.2, 0) is 14.3 Å². The quantitative estimate of drug-likeness (QED) is 0.860. The van der Waals surface area contributed by atoms with Crippen LogP contribution in [0.25, 0.3) is 0 Å². The van der Waals surface area contributed by atoms with Gasteiger partial charge in [0.15, 0.2) is 0 Å². The van der Waals surface area contributed by atoms with Crippen LogP contribution in [0.4, 0.5) is 5.00 Å². The topological polar surface area (TPSA) is 64.6 Å². The molecule has 6 heteroatoms. The third-order valence-corrected chi connectivity index (χ3v) is 4.06. The minimum atomic E-state index is -0.338. The molecule has 0 radical (unpaired) electrons. The number of hydrogen-bond donors (Lipinski definition) is 1. The first kappa shape index (κ1) is 14.0. The molecule has 0 unspecified atom stereocenters. The Kier molecular flexibility index (Phi) is 4.55. The van der Waals surface area contributed by atoms with Gasteiger partial charge in [-0.2, -0.15) is 0 Å². The van der Waals surface area contributed by atoms with Gasteiger partial charge < -0.3 is 14.8 Å². The average molecular weight is 283 g/mol. The van der Waals surface area contributed by atoms with E-state index in [1.54, 1.807) is 13.0 Å². The number of ether oxygens (including phenoxy) is 2. The summed E-state index contributed by atoms with van der Waals surface area (Å²) in [5.74, 6) is -0.475. The standard InChI is InChI=1S/C13H17NO4S/c1-3-18-13(16)11-8(2)6-10(19-11)14-12(15)9-4-5-17-7-9/h6,9H,3-5,7H2,1-2H3,(H,14,15)/t9-/m1/s1. The summed E-state index contributed by atoms with van der Waals surface area (Å²) in [6, 6.07) is 1.80. The number of esters is 1. The Balaban J connectivity index is 2.03. The van der Waals surface area contributed by atoms with Crippen molar-refractivity contribution in [3.8, 4) is 0 Å². The molecule has 19 heavy (non-hydrogen) atoms. The van der Waals surface area contributed by atoms with Crippen molar-refractivity contribution in [1.29, 1.82) is 0 Å². The van der Waals surface area contributed by atoms with Gasteiger partial charge in [-0.05, 0) is 31.9 Å². The number of thiophene rings is 1. The molecule has 1 aliphatic heterocycles. The van der Waals surface area contributed by atoms with Crippen molar-refractivity contribution in [2.45, 2.75) is 20.3 Å². The first-order valence-electron chi connectivity index (χ1n) is 6.28. The minimum absolute atomic E-state index is 0.0471. The second kappa shape index (κ2) is 6.16. The largest absolute Gasteiger partial charge is 0.462 e. The molecule has 0 bridgehead atoms. The summed E-state index contributed by atoms with van der Waals surface area (Å²) in [6.45, 7) is 5.05. The third-order valence-electron chi connectivity index (χ3n) is 2.93. The van der Waals surface area contributed by atoms with Crippen molar-refractivity contribution in [1.82, 2.24) is 0 Å². The molecule has 104 valence electrons. The van der Waals surface area contributed by atoms with Crippen LogP contribution < -0.4 is 5.32 Å². The van der Waals surface area contributed by atoms with Crippen LogP contribution >= 0.6 is 11.3 Å². The monoisotopic (exact) mass is 283 g/mol. The molecule has 5 nitrogen and oxygen atoms in total. The van der Waals surface area contributed by atoms with Gasteiger partial charge in [-0.15, -0.1) is 11.3 Å². The van der Waals surface area contributed by atoms with E-state index in [2.05, 4.69) is 5.32 Å². The zero-order chi connectivity index (χ0) is 13.8. The molecule has 2 rings (SSSR count). The Morgan fingerprint density at radius 3 is 3.00 bits per heavy atom. The Morgan fingerprint density at radius 2 is 2.37 bits per heavy atom. The highest BCUT2D eigenvalue weighted by atomic mass is 32.1. The van der Waals surface area contributed by atoms with Gasteiger partial charge in [0, 0.05) is 6.61 Å². The van der Waals surface area contributed by atoms with Crippen LogP contribution in [0.2, 0.25) is 0 Å². The van der Waals surface area contributed by atoms with Crippen molar-refractivity contribution in [3.05, 3.63) is 16.5 Å². The molecule has 1 saturated heterocycles. The lowest BCUT2D eigenvalue weighted by molar-refractivity contribution is -0.119. The Morgan fingerprint density at radius 1 is 1.58 bits per heavy atom. The molecule has 1 atom stereocenters. The molecule has 1 amide bonds. The highest BCUT2D eigenvalue weighted by Crippen LogP contribution is 2.28. The number of carbonyl (C=O) groups excluding carboxylic acids is 2. The zero-order valence-corrected chi connectivity index (χ0v) is 11.8. The van der Waals surface area contributed by atoms with E-state index < -0.39 is 0 Å². The molecular formula is C13H17NO4S. The summed E-state index contributed by atoms with van der Waals surface area (Å²) in [5.41, 5.74) is 0.821. The molecular weight excluding hydrogens is 266 g/mol. The molecule has 1 fully saturated rings. The molecule has 1 aromatic heterocycles. The molecule has 1 aromatic rings. The van der Waals surface area contributed by atoms with Gasteiger partial charge in [-0.3, -0.25) is 4.79 Å². The van der Waals surface area contributed by atoms with Crippen LogP contribution in [0.5, 0.6) is 0 Å². The van der Waals surface area contributed by atoms with E-state index in [1.807, 2.05) is 6.92 Å². The van der Waals surface area contributed by atoms with Gasteiger partial charge in [-0.1, -0.05) is 0 Å². The highest BCUT2D eigenvalue weighted by molar-refractivity contribution is 7.18. The van der Waals surface area contributed by atoms with Gasteiger partial charge in [-0.25, -0.2) is 4.79 Å². The molecule has 1 aliphatic rings. The first-order valence-corrected chi connectivity index (χ1v) is 7.09. The fraction of sp³-hybridized carbons (Fsp3) is 0.538. The van der Waals surface area contributed by atoms with Crippen LogP contribution in [0, 0.1) is 12.8 Å². The lowest BCUT2D eigenvalue weighted by Crippen LogP contribution is -2.22. The van der Waals surface area contributed by atoms with E-state index in [-0.39, 0.29) is 17.8 Å². The van der Waals surface area contributed by atoms with E-state index >= 15 is 0 Å². The summed E-state index contributed by atoms with van der Waals surface area (Å²) in [7, 11) is 0. The molecule has 0 saturated carbocycles. The highest BCUT2D eigenvalue weighted by Gasteiger charge is 2.24. The zero-order valence-electron chi connectivity index (χ0n) is 11.0. The predicted octanol–water partition coefficient (Wildman–Crippen LogP) is 2.21. The van der Waals surface area contributed by atoms with Gasteiger partial charge in [0.2, 0.25) is 5.91 Å². The van der Waals surface area contributed by atoms with E-state index in [0.717, 1.165) is 12.0 Å². The molecule has 0 spiro atoms. The van der Waals surface area contributed by atoms with E-state index in [1.165, 1.54) is 11.3 Å². The lowest BCUT2D eigenvalue weighted by atomic mass is 10.1. The first-order chi connectivity index (χ1) is 9.11. The number of nitrogens with one attached hydrogen (secondary N) is 1. The minimum Gasteiger partial charge on any atom is -0.462 e. The van der Waals surface area contributed by atoms with Gasteiger partial charge in [0.1, 0.15) is 4.88 Å². The van der Waals surface area contributed by atoms with E-state index in [4.69, 9.17) is 9.47 Å². The average Bonchev–Trinajstić information content (AvgIpc) is 2.99. The molecule has 2 heterocycles. The summed E-state index contributed by atoms with van der Waals surface area (Å²) < 4.78 is 10.1. The van der Waals surface area contributed by atoms with Crippen molar-refractivity contribution < 1.29 is 19.1 Å². The predicted molar refractivity (Wildman–Crippen MR) is 72.6 cm³/mol. The van der Waals surface area contributed by atoms with Crippen molar-refractivity contribution in [3.63, 3.8) is 0 Å². The van der Waals surface area contributed by atoms with Crippen molar-refractivity contribution in [2.24, 2.45) is 5.92 Å². The smallest absolute Gasteiger partial charge is 0.348 e. The normalized spacial score (nSPS) is 18.3. The number of amides is 1. The van der Waals surface area contributed by atoms with Gasteiger partial charge in [0.25, 0.3) is 0 Å². The number of rotatable bonds is 4. The molecule has 0 aromatic carbocycles. The van der Waals surface area contributed by atoms with E-state index in [9.17, 15) is 9.59 Å². The van der Waals surface area contributed by atoms with Crippen LogP contribution in [0.15, 0.2) is 6.07 Å². The van der Waals surface area contributed by atoms with Crippen molar-refractivity contribution in [2.75, 3.05) is 25.1 Å². The summed E-state index contributed by atoms with van der Waals surface area (Å²) in [6.07, 6.45) is 0.751. The van der Waals surface area contributed by atoms with Crippen LogP contribution in [0.1, 0.15) is 28.6 Å². The number of hydrogen-bond acceptors (Lipinski definition) is 5. The maximum atomic E-state index is 11.9. The Bertz CT molecular complexity index is 477. The second-order valence-electron chi connectivity index (χ2n) is 4.39. The summed E-state index contributed by atoms with van der Waals surface area (Å²) in [4.78, 5) is 24.1. The number of carbonyl (C=O) groups is 2. The maximum Gasteiger partial charge on any atom is 0.348 e. The number of aryl methyl sites for hydroxylation is 1. The Labute approximate surface area is 115 Å². The lowest BCUT2D eigenvalue weighted by Gasteiger charge is -2.06. The Hall–Kier alpha value is -1.40. The number of anilines is 1. The van der Waals surface area contributed by atoms with E-state index in [0.29, 0.717) is 29.7 Å². The van der Waals surface area contributed by atoms with Crippen molar-refractivity contribution >= 4 is 28.2 Å². The fourth-order valence-corrected chi connectivity index (χ4v) is 2.88. The summed E-state index contributed by atoms with van der Waals surface area (Å²) in [5, 5.41) is 3.51. The van der Waals surface area contributed by atoms with Gasteiger partial charge >= 0.3 is 5.97 Å².